The van der Waals surface area contributed by atoms with Gasteiger partial charge in [0.05, 0.1) is 12.3 Å². The highest BCUT2D eigenvalue weighted by Gasteiger charge is 2.17. The van der Waals surface area contributed by atoms with Gasteiger partial charge in [-0.25, -0.2) is 9.97 Å². The van der Waals surface area contributed by atoms with E-state index >= 15 is 0 Å². The first-order chi connectivity index (χ1) is 17.2. The van der Waals surface area contributed by atoms with Crippen LogP contribution in [-0.4, -0.2) is 63.0 Å². The van der Waals surface area contributed by atoms with Crippen molar-refractivity contribution in [1.82, 2.24) is 29.6 Å². The molecule has 0 aliphatic carbocycles. The quantitative estimate of drug-likeness (QED) is 0.412. The fourth-order valence-electron chi connectivity index (χ4n) is 4.10. The molecule has 4 aromatic rings. The number of aryl methyl sites for hydroxylation is 1. The standard InChI is InChI=1S/C26H29N7O2/c1-3-33-18-22(25(31-33)19-5-4-9-27-16-19)23-8-10-28-26(30-23)29-21-7-6-20-17-32(11-13-34-2)12-14-35-24(20)15-21/h4-10,15-16,18H,3,11-14,17H2,1-2H3,(H,28,29,30). The Morgan fingerprint density at radius 3 is 2.94 bits per heavy atom. The van der Waals surface area contributed by atoms with E-state index in [4.69, 9.17) is 19.6 Å². The van der Waals surface area contributed by atoms with Gasteiger partial charge in [-0.15, -0.1) is 0 Å². The van der Waals surface area contributed by atoms with Crippen LogP contribution in [0.3, 0.4) is 0 Å². The first kappa shape index (κ1) is 22.9. The first-order valence-electron chi connectivity index (χ1n) is 11.8. The van der Waals surface area contributed by atoms with E-state index in [0.717, 1.165) is 65.7 Å². The topological polar surface area (TPSA) is 90.2 Å². The van der Waals surface area contributed by atoms with Crippen molar-refractivity contribution in [2.24, 2.45) is 0 Å². The molecule has 0 spiro atoms. The Kier molecular flexibility index (Phi) is 6.97. The summed E-state index contributed by atoms with van der Waals surface area (Å²) in [7, 11) is 1.73. The number of fused-ring (bicyclic) bond motifs is 1. The van der Waals surface area contributed by atoms with E-state index in [9.17, 15) is 0 Å². The summed E-state index contributed by atoms with van der Waals surface area (Å²) >= 11 is 0. The van der Waals surface area contributed by atoms with Gasteiger partial charge in [0.25, 0.3) is 0 Å². The lowest BCUT2D eigenvalue weighted by Crippen LogP contribution is -2.29. The molecule has 0 saturated heterocycles. The maximum absolute atomic E-state index is 6.03. The number of hydrogen-bond donors (Lipinski definition) is 1. The van der Waals surface area contributed by atoms with Gasteiger partial charge < -0.3 is 14.8 Å². The Labute approximate surface area is 204 Å². The minimum absolute atomic E-state index is 0.513. The molecular formula is C26H29N7O2. The van der Waals surface area contributed by atoms with Gasteiger partial charge in [0.1, 0.15) is 18.1 Å². The fraction of sp³-hybridized carbons (Fsp3) is 0.308. The third-order valence-corrected chi connectivity index (χ3v) is 5.95. The van der Waals surface area contributed by atoms with Crippen LogP contribution in [0.1, 0.15) is 12.5 Å². The predicted molar refractivity (Wildman–Crippen MR) is 135 cm³/mol. The monoisotopic (exact) mass is 471 g/mol. The minimum atomic E-state index is 0.513. The molecule has 0 unspecified atom stereocenters. The van der Waals surface area contributed by atoms with Crippen LogP contribution >= 0.6 is 0 Å². The number of nitrogens with one attached hydrogen (secondary N) is 1. The van der Waals surface area contributed by atoms with Crippen molar-refractivity contribution in [3.8, 4) is 28.3 Å². The second-order valence-electron chi connectivity index (χ2n) is 8.32. The lowest BCUT2D eigenvalue weighted by molar-refractivity contribution is 0.138. The first-order valence-corrected chi connectivity index (χ1v) is 11.8. The summed E-state index contributed by atoms with van der Waals surface area (Å²) in [5.41, 5.74) is 5.56. The minimum Gasteiger partial charge on any atom is -0.492 e. The van der Waals surface area contributed by atoms with Crippen molar-refractivity contribution in [2.75, 3.05) is 38.7 Å². The molecule has 0 atom stereocenters. The summed E-state index contributed by atoms with van der Waals surface area (Å²) in [4.78, 5) is 15.8. The van der Waals surface area contributed by atoms with E-state index in [1.165, 1.54) is 0 Å². The molecule has 0 amide bonds. The van der Waals surface area contributed by atoms with Crippen molar-refractivity contribution >= 4 is 11.6 Å². The Morgan fingerprint density at radius 1 is 1.17 bits per heavy atom. The number of ether oxygens (including phenoxy) is 2. The molecule has 0 fully saturated rings. The SMILES string of the molecule is CCn1cc(-c2ccnc(Nc3ccc4c(c3)OCCN(CCOC)C4)n2)c(-c2cccnc2)n1. The molecule has 180 valence electrons. The van der Waals surface area contributed by atoms with Gasteiger partial charge in [0, 0.05) is 86.5 Å². The Morgan fingerprint density at radius 2 is 2.11 bits per heavy atom. The van der Waals surface area contributed by atoms with Gasteiger partial charge in [0.2, 0.25) is 5.95 Å². The van der Waals surface area contributed by atoms with Gasteiger partial charge in [-0.05, 0) is 31.2 Å². The Balaban J connectivity index is 1.39. The smallest absolute Gasteiger partial charge is 0.227 e. The van der Waals surface area contributed by atoms with Gasteiger partial charge in [-0.1, -0.05) is 6.07 Å². The second-order valence-corrected chi connectivity index (χ2v) is 8.32. The molecule has 0 saturated carbocycles. The van der Waals surface area contributed by atoms with Crippen molar-refractivity contribution in [3.05, 3.63) is 66.7 Å². The Hall–Kier alpha value is -3.82. The average molecular weight is 472 g/mol. The number of rotatable bonds is 8. The van der Waals surface area contributed by atoms with Crippen molar-refractivity contribution < 1.29 is 9.47 Å². The summed E-state index contributed by atoms with van der Waals surface area (Å²) in [6, 6.07) is 12.0. The summed E-state index contributed by atoms with van der Waals surface area (Å²) in [6.45, 7) is 6.78. The molecular weight excluding hydrogens is 442 g/mol. The maximum atomic E-state index is 6.03. The van der Waals surface area contributed by atoms with Crippen LogP contribution in [0.2, 0.25) is 0 Å². The normalized spacial score (nSPS) is 13.7. The van der Waals surface area contributed by atoms with Crippen molar-refractivity contribution in [1.29, 1.82) is 0 Å². The molecule has 1 aromatic carbocycles. The van der Waals surface area contributed by atoms with Crippen LogP contribution in [0.15, 0.2) is 61.2 Å². The van der Waals surface area contributed by atoms with Crippen molar-refractivity contribution in [3.63, 3.8) is 0 Å². The zero-order valence-corrected chi connectivity index (χ0v) is 20.0. The number of anilines is 2. The van der Waals surface area contributed by atoms with E-state index in [0.29, 0.717) is 19.2 Å². The molecule has 9 heteroatoms. The second kappa shape index (κ2) is 10.6. The zero-order valence-electron chi connectivity index (χ0n) is 20.0. The van der Waals surface area contributed by atoms with Gasteiger partial charge in [-0.2, -0.15) is 5.10 Å². The maximum Gasteiger partial charge on any atom is 0.227 e. The van der Waals surface area contributed by atoms with Gasteiger partial charge in [-0.3, -0.25) is 14.6 Å². The molecule has 1 aliphatic heterocycles. The molecule has 1 aliphatic rings. The average Bonchev–Trinajstić information content (AvgIpc) is 3.23. The fourth-order valence-corrected chi connectivity index (χ4v) is 4.10. The number of nitrogens with zero attached hydrogens (tertiary/aromatic N) is 6. The number of benzene rings is 1. The van der Waals surface area contributed by atoms with E-state index in [2.05, 4.69) is 33.2 Å². The number of hydrogen-bond acceptors (Lipinski definition) is 8. The van der Waals surface area contributed by atoms with E-state index < -0.39 is 0 Å². The van der Waals surface area contributed by atoms with Crippen LogP contribution in [0.25, 0.3) is 22.5 Å². The molecule has 3 aromatic heterocycles. The van der Waals surface area contributed by atoms with Crippen LogP contribution < -0.4 is 10.1 Å². The van der Waals surface area contributed by atoms with E-state index in [1.54, 1.807) is 19.5 Å². The predicted octanol–water partition coefficient (Wildman–Crippen LogP) is 4.01. The summed E-state index contributed by atoms with van der Waals surface area (Å²) < 4.78 is 13.2. The lowest BCUT2D eigenvalue weighted by atomic mass is 10.1. The number of pyridine rings is 1. The highest BCUT2D eigenvalue weighted by molar-refractivity contribution is 5.78. The van der Waals surface area contributed by atoms with Crippen LogP contribution in [0.5, 0.6) is 5.75 Å². The molecule has 1 N–H and O–H groups in total. The number of aromatic nitrogens is 5. The van der Waals surface area contributed by atoms with Crippen LogP contribution in [-0.2, 0) is 17.8 Å². The van der Waals surface area contributed by atoms with Crippen LogP contribution in [0.4, 0.5) is 11.6 Å². The van der Waals surface area contributed by atoms with Crippen molar-refractivity contribution in [2.45, 2.75) is 20.0 Å². The zero-order chi connectivity index (χ0) is 24.0. The molecule has 0 radical (unpaired) electrons. The van der Waals surface area contributed by atoms with Gasteiger partial charge >= 0.3 is 0 Å². The van der Waals surface area contributed by atoms with E-state index in [1.807, 2.05) is 47.4 Å². The molecule has 4 heterocycles. The molecule has 9 nitrogen and oxygen atoms in total. The Bertz CT molecular complexity index is 1280. The lowest BCUT2D eigenvalue weighted by Gasteiger charge is -2.18. The highest BCUT2D eigenvalue weighted by Crippen LogP contribution is 2.31. The van der Waals surface area contributed by atoms with Crippen LogP contribution in [0, 0.1) is 0 Å². The third-order valence-electron chi connectivity index (χ3n) is 5.95. The summed E-state index contributed by atoms with van der Waals surface area (Å²) in [5.74, 6) is 1.40. The molecule has 5 rings (SSSR count). The van der Waals surface area contributed by atoms with Gasteiger partial charge in [0.15, 0.2) is 0 Å². The highest BCUT2D eigenvalue weighted by atomic mass is 16.5. The number of methoxy groups -OCH3 is 1. The summed E-state index contributed by atoms with van der Waals surface area (Å²) in [5, 5.41) is 8.07. The third kappa shape index (κ3) is 5.31. The molecule has 35 heavy (non-hydrogen) atoms. The van der Waals surface area contributed by atoms with E-state index in [-0.39, 0.29) is 0 Å². The summed E-state index contributed by atoms with van der Waals surface area (Å²) in [6.07, 6.45) is 7.35. The molecule has 0 bridgehead atoms. The largest absolute Gasteiger partial charge is 0.492 e.